The number of rotatable bonds is 7. The number of amides is 1. The molecule has 0 aliphatic rings. The molecule has 0 aromatic carbocycles. The van der Waals surface area contributed by atoms with Crippen molar-refractivity contribution in [2.45, 2.75) is 59.9 Å². The maximum absolute atomic E-state index is 12.4. The van der Waals surface area contributed by atoms with E-state index in [0.29, 0.717) is 11.8 Å². The quantitative estimate of drug-likeness (QED) is 0.746. The van der Waals surface area contributed by atoms with E-state index in [9.17, 15) is 4.79 Å². The lowest BCUT2D eigenvalue weighted by molar-refractivity contribution is -0.137. The molecular formula is C14H30N2O. The first kappa shape index (κ1) is 16.4. The number of nitrogens with two attached hydrogens (primary N) is 1. The van der Waals surface area contributed by atoms with Gasteiger partial charge in [-0.15, -0.1) is 0 Å². The van der Waals surface area contributed by atoms with Gasteiger partial charge in [-0.3, -0.25) is 4.79 Å². The van der Waals surface area contributed by atoms with E-state index in [1.807, 2.05) is 11.8 Å². The van der Waals surface area contributed by atoms with Gasteiger partial charge in [-0.1, -0.05) is 41.0 Å². The molecule has 0 aromatic heterocycles. The molecule has 0 rings (SSSR count). The zero-order chi connectivity index (χ0) is 13.6. The second-order valence-electron chi connectivity index (χ2n) is 6.17. The summed E-state index contributed by atoms with van der Waals surface area (Å²) in [5, 5.41) is 0. The van der Waals surface area contributed by atoms with Crippen LogP contribution in [0.2, 0.25) is 0 Å². The van der Waals surface area contributed by atoms with Gasteiger partial charge >= 0.3 is 0 Å². The van der Waals surface area contributed by atoms with Crippen LogP contribution in [0.25, 0.3) is 0 Å². The van der Waals surface area contributed by atoms with Crippen molar-refractivity contribution in [2.24, 2.45) is 17.6 Å². The lowest BCUT2D eigenvalue weighted by Crippen LogP contribution is -2.54. The van der Waals surface area contributed by atoms with E-state index >= 15 is 0 Å². The van der Waals surface area contributed by atoms with Gasteiger partial charge in [-0.05, 0) is 25.2 Å². The zero-order valence-corrected chi connectivity index (χ0v) is 12.4. The standard InChI is InChI=1S/C14H30N2O/c1-7-8-14(6,15)13(17)16(9-11(2)3)10-12(4)5/h11-12H,7-10,15H2,1-6H3. The van der Waals surface area contributed by atoms with Crippen molar-refractivity contribution in [3.05, 3.63) is 0 Å². The molecule has 0 fully saturated rings. The van der Waals surface area contributed by atoms with Crippen LogP contribution in [0, 0.1) is 11.8 Å². The Morgan fingerprint density at radius 1 is 1.18 bits per heavy atom. The van der Waals surface area contributed by atoms with Gasteiger partial charge in [0.25, 0.3) is 0 Å². The SMILES string of the molecule is CCCC(C)(N)C(=O)N(CC(C)C)CC(C)C. The fourth-order valence-electron chi connectivity index (χ4n) is 2.11. The Labute approximate surface area is 107 Å². The molecule has 3 nitrogen and oxygen atoms in total. The highest BCUT2D eigenvalue weighted by molar-refractivity contribution is 5.85. The Balaban J connectivity index is 4.72. The predicted octanol–water partition coefficient (Wildman–Crippen LogP) is 2.64. The second-order valence-corrected chi connectivity index (χ2v) is 6.17. The van der Waals surface area contributed by atoms with E-state index in [2.05, 4.69) is 34.6 Å². The highest BCUT2D eigenvalue weighted by Gasteiger charge is 2.32. The van der Waals surface area contributed by atoms with Crippen LogP contribution in [-0.2, 0) is 4.79 Å². The first-order chi connectivity index (χ1) is 7.70. The van der Waals surface area contributed by atoms with Crippen molar-refractivity contribution in [3.63, 3.8) is 0 Å². The number of nitrogens with zero attached hydrogens (tertiary/aromatic N) is 1. The van der Waals surface area contributed by atoms with Gasteiger partial charge in [0.1, 0.15) is 0 Å². The molecule has 1 amide bonds. The largest absolute Gasteiger partial charge is 0.341 e. The minimum atomic E-state index is -0.710. The summed E-state index contributed by atoms with van der Waals surface area (Å²) < 4.78 is 0. The molecule has 3 heteroatoms. The van der Waals surface area contributed by atoms with Crippen molar-refractivity contribution in [3.8, 4) is 0 Å². The van der Waals surface area contributed by atoms with Gasteiger partial charge in [0.05, 0.1) is 5.54 Å². The average molecular weight is 242 g/mol. The van der Waals surface area contributed by atoms with Gasteiger partial charge < -0.3 is 10.6 Å². The molecule has 0 heterocycles. The summed E-state index contributed by atoms with van der Waals surface area (Å²) >= 11 is 0. The van der Waals surface area contributed by atoms with E-state index < -0.39 is 5.54 Å². The highest BCUT2D eigenvalue weighted by atomic mass is 16.2. The third kappa shape index (κ3) is 6.06. The van der Waals surface area contributed by atoms with E-state index in [0.717, 1.165) is 25.9 Å². The molecule has 0 saturated carbocycles. The normalized spacial score (nSPS) is 15.1. The fourth-order valence-corrected chi connectivity index (χ4v) is 2.11. The lowest BCUT2D eigenvalue weighted by atomic mass is 9.94. The van der Waals surface area contributed by atoms with Crippen LogP contribution in [-0.4, -0.2) is 29.4 Å². The summed E-state index contributed by atoms with van der Waals surface area (Å²) in [6, 6.07) is 0. The number of carbonyl (C=O) groups excluding carboxylic acids is 1. The smallest absolute Gasteiger partial charge is 0.242 e. The summed E-state index contributed by atoms with van der Waals surface area (Å²) in [7, 11) is 0. The molecule has 1 unspecified atom stereocenters. The lowest BCUT2D eigenvalue weighted by Gasteiger charge is -2.34. The summed E-state index contributed by atoms with van der Waals surface area (Å²) in [5.74, 6) is 1.06. The molecule has 0 spiro atoms. The van der Waals surface area contributed by atoms with Crippen LogP contribution in [0.3, 0.4) is 0 Å². The number of hydrogen-bond donors (Lipinski definition) is 1. The maximum atomic E-state index is 12.4. The Kier molecular flexibility index (Phi) is 6.76. The van der Waals surface area contributed by atoms with Gasteiger partial charge in [0.15, 0.2) is 0 Å². The van der Waals surface area contributed by atoms with E-state index in [4.69, 9.17) is 5.73 Å². The molecule has 102 valence electrons. The van der Waals surface area contributed by atoms with Gasteiger partial charge in [0, 0.05) is 13.1 Å². The minimum Gasteiger partial charge on any atom is -0.341 e. The van der Waals surface area contributed by atoms with Crippen LogP contribution in [0.4, 0.5) is 0 Å². The molecule has 0 bridgehead atoms. The van der Waals surface area contributed by atoms with E-state index in [1.54, 1.807) is 0 Å². The zero-order valence-electron chi connectivity index (χ0n) is 12.4. The van der Waals surface area contributed by atoms with Gasteiger partial charge in [0.2, 0.25) is 5.91 Å². The van der Waals surface area contributed by atoms with Crippen LogP contribution in [0.15, 0.2) is 0 Å². The topological polar surface area (TPSA) is 46.3 Å². The van der Waals surface area contributed by atoms with Crippen LogP contribution < -0.4 is 5.73 Å². The first-order valence-corrected chi connectivity index (χ1v) is 6.79. The predicted molar refractivity (Wildman–Crippen MR) is 73.8 cm³/mol. The average Bonchev–Trinajstić information content (AvgIpc) is 2.13. The summed E-state index contributed by atoms with van der Waals surface area (Å²) in [6.45, 7) is 14.0. The van der Waals surface area contributed by atoms with Gasteiger partial charge in [-0.2, -0.15) is 0 Å². The third-order valence-corrected chi connectivity index (χ3v) is 2.72. The number of hydrogen-bond acceptors (Lipinski definition) is 2. The molecule has 0 radical (unpaired) electrons. The second kappa shape index (κ2) is 7.00. The van der Waals surface area contributed by atoms with Gasteiger partial charge in [-0.25, -0.2) is 0 Å². The Hall–Kier alpha value is -0.570. The van der Waals surface area contributed by atoms with E-state index in [-0.39, 0.29) is 5.91 Å². The third-order valence-electron chi connectivity index (χ3n) is 2.72. The van der Waals surface area contributed by atoms with Crippen molar-refractivity contribution in [1.82, 2.24) is 4.90 Å². The summed E-state index contributed by atoms with van der Waals surface area (Å²) in [6.07, 6.45) is 1.69. The Morgan fingerprint density at radius 2 is 1.59 bits per heavy atom. The van der Waals surface area contributed by atoms with E-state index in [1.165, 1.54) is 0 Å². The Morgan fingerprint density at radius 3 is 1.88 bits per heavy atom. The Bertz CT molecular complexity index is 224. The minimum absolute atomic E-state index is 0.0988. The summed E-state index contributed by atoms with van der Waals surface area (Å²) in [4.78, 5) is 14.4. The monoisotopic (exact) mass is 242 g/mol. The molecule has 2 N–H and O–H groups in total. The van der Waals surface area contributed by atoms with Crippen molar-refractivity contribution in [2.75, 3.05) is 13.1 Å². The molecule has 0 aromatic rings. The van der Waals surface area contributed by atoms with Crippen LogP contribution >= 0.6 is 0 Å². The van der Waals surface area contributed by atoms with Crippen LogP contribution in [0.1, 0.15) is 54.4 Å². The molecule has 0 saturated heterocycles. The molecule has 0 aliphatic carbocycles. The van der Waals surface area contributed by atoms with Crippen molar-refractivity contribution < 1.29 is 4.79 Å². The molecule has 17 heavy (non-hydrogen) atoms. The summed E-state index contributed by atoms with van der Waals surface area (Å²) in [5.41, 5.74) is 5.42. The molecule has 1 atom stereocenters. The van der Waals surface area contributed by atoms with Crippen molar-refractivity contribution >= 4 is 5.91 Å². The van der Waals surface area contributed by atoms with Crippen molar-refractivity contribution in [1.29, 1.82) is 0 Å². The maximum Gasteiger partial charge on any atom is 0.242 e. The fraction of sp³-hybridized carbons (Fsp3) is 0.929. The first-order valence-electron chi connectivity index (χ1n) is 6.79. The molecular weight excluding hydrogens is 212 g/mol. The molecule has 0 aliphatic heterocycles. The van der Waals surface area contributed by atoms with Crippen LogP contribution in [0.5, 0.6) is 0 Å². The number of carbonyl (C=O) groups is 1. The highest BCUT2D eigenvalue weighted by Crippen LogP contribution is 2.15.